The van der Waals surface area contributed by atoms with Crippen LogP contribution in [0.5, 0.6) is 0 Å². The van der Waals surface area contributed by atoms with Crippen molar-refractivity contribution < 1.29 is 14.0 Å². The fraction of sp³-hybridized carbons (Fsp3) is 0.684. The van der Waals surface area contributed by atoms with Crippen LogP contribution in [0.15, 0.2) is 16.5 Å². The number of amides is 3. The molecular formula is C19H29N3O3. The molecule has 0 unspecified atom stereocenters. The average molecular weight is 347 g/mol. The molecule has 2 saturated heterocycles. The van der Waals surface area contributed by atoms with Crippen LogP contribution in [0.2, 0.25) is 0 Å². The van der Waals surface area contributed by atoms with Crippen LogP contribution in [0.4, 0.5) is 4.79 Å². The fourth-order valence-electron chi connectivity index (χ4n) is 3.75. The molecule has 138 valence electrons. The van der Waals surface area contributed by atoms with Gasteiger partial charge in [0.25, 0.3) is 0 Å². The van der Waals surface area contributed by atoms with Gasteiger partial charge in [-0.2, -0.15) is 0 Å². The lowest BCUT2D eigenvalue weighted by Crippen LogP contribution is -2.42. The van der Waals surface area contributed by atoms with Crippen molar-refractivity contribution in [1.82, 2.24) is 15.1 Å². The van der Waals surface area contributed by atoms with Gasteiger partial charge in [0, 0.05) is 39.0 Å². The van der Waals surface area contributed by atoms with Gasteiger partial charge in [-0.05, 0) is 44.2 Å². The molecule has 0 radical (unpaired) electrons. The van der Waals surface area contributed by atoms with E-state index in [2.05, 4.69) is 12.2 Å². The van der Waals surface area contributed by atoms with E-state index in [0.29, 0.717) is 13.0 Å². The largest absolute Gasteiger partial charge is 0.464 e. The molecule has 3 heterocycles. The van der Waals surface area contributed by atoms with E-state index in [1.165, 1.54) is 6.42 Å². The second-order valence-corrected chi connectivity index (χ2v) is 6.93. The van der Waals surface area contributed by atoms with Gasteiger partial charge in [-0.1, -0.05) is 6.92 Å². The number of rotatable bonds is 5. The Morgan fingerprint density at radius 3 is 2.68 bits per heavy atom. The molecule has 25 heavy (non-hydrogen) atoms. The molecular weight excluding hydrogens is 318 g/mol. The Morgan fingerprint density at radius 2 is 1.96 bits per heavy atom. The Morgan fingerprint density at radius 1 is 1.16 bits per heavy atom. The molecule has 1 aromatic rings. The van der Waals surface area contributed by atoms with Gasteiger partial charge in [0.2, 0.25) is 5.91 Å². The summed E-state index contributed by atoms with van der Waals surface area (Å²) in [5, 5.41) is 2.91. The summed E-state index contributed by atoms with van der Waals surface area (Å²) >= 11 is 0. The molecule has 2 fully saturated rings. The minimum Gasteiger partial charge on any atom is -0.464 e. The fourth-order valence-corrected chi connectivity index (χ4v) is 3.75. The van der Waals surface area contributed by atoms with Gasteiger partial charge >= 0.3 is 6.03 Å². The minimum absolute atomic E-state index is 0.0121. The quantitative estimate of drug-likeness (QED) is 0.890. The zero-order valence-electron chi connectivity index (χ0n) is 15.1. The van der Waals surface area contributed by atoms with E-state index in [1.807, 2.05) is 21.9 Å². The van der Waals surface area contributed by atoms with E-state index < -0.39 is 0 Å². The van der Waals surface area contributed by atoms with Gasteiger partial charge in [0.15, 0.2) is 0 Å². The van der Waals surface area contributed by atoms with Crippen molar-refractivity contribution in [2.24, 2.45) is 0 Å². The smallest absolute Gasteiger partial charge is 0.318 e. The van der Waals surface area contributed by atoms with Gasteiger partial charge in [-0.25, -0.2) is 4.79 Å². The number of furan rings is 1. The normalized spacial score (nSPS) is 20.8. The Bertz CT molecular complexity index is 592. The minimum atomic E-state index is -0.0941. The molecule has 6 heteroatoms. The number of likely N-dealkylation sites (tertiary alicyclic amines) is 2. The highest BCUT2D eigenvalue weighted by molar-refractivity contribution is 5.78. The number of nitrogens with one attached hydrogen (secondary N) is 1. The number of nitrogens with zero attached hydrogens (tertiary/aromatic N) is 2. The summed E-state index contributed by atoms with van der Waals surface area (Å²) in [5.74, 6) is 1.97. The lowest BCUT2D eigenvalue weighted by atomic mass is 10.1. The Labute approximate surface area is 149 Å². The molecule has 0 aromatic carbocycles. The molecule has 2 aliphatic rings. The van der Waals surface area contributed by atoms with Crippen LogP contribution in [0.3, 0.4) is 0 Å². The molecule has 1 aromatic heterocycles. The molecule has 0 aliphatic carbocycles. The summed E-state index contributed by atoms with van der Waals surface area (Å²) < 4.78 is 5.84. The second-order valence-electron chi connectivity index (χ2n) is 6.93. The van der Waals surface area contributed by atoms with Crippen molar-refractivity contribution in [3.05, 3.63) is 23.7 Å². The Hall–Kier alpha value is -1.98. The SMILES string of the molecule is CCc1ccc([C@@H]2CCCN2C(=O)NCCC(=O)N2CCCCC2)o1. The number of urea groups is 1. The monoisotopic (exact) mass is 347 g/mol. The lowest BCUT2D eigenvalue weighted by Gasteiger charge is -2.27. The summed E-state index contributed by atoms with van der Waals surface area (Å²) in [6.45, 7) is 4.91. The van der Waals surface area contributed by atoms with E-state index in [-0.39, 0.29) is 18.0 Å². The highest BCUT2D eigenvalue weighted by atomic mass is 16.3. The van der Waals surface area contributed by atoms with Crippen molar-refractivity contribution in [3.8, 4) is 0 Å². The van der Waals surface area contributed by atoms with Crippen molar-refractivity contribution >= 4 is 11.9 Å². The van der Waals surface area contributed by atoms with E-state index in [0.717, 1.165) is 63.3 Å². The maximum absolute atomic E-state index is 12.5. The highest BCUT2D eigenvalue weighted by Crippen LogP contribution is 2.33. The number of carbonyl (C=O) groups excluding carboxylic acids is 2. The van der Waals surface area contributed by atoms with Crippen LogP contribution < -0.4 is 5.32 Å². The number of hydrogen-bond acceptors (Lipinski definition) is 3. The van der Waals surface area contributed by atoms with Crippen molar-refractivity contribution in [2.45, 2.75) is 57.9 Å². The first-order valence-corrected chi connectivity index (χ1v) is 9.60. The highest BCUT2D eigenvalue weighted by Gasteiger charge is 2.32. The molecule has 2 aliphatic heterocycles. The number of hydrogen-bond donors (Lipinski definition) is 1. The van der Waals surface area contributed by atoms with Crippen LogP contribution in [0.1, 0.15) is 63.0 Å². The molecule has 0 saturated carbocycles. The predicted octanol–water partition coefficient (Wildman–Crippen LogP) is 3.09. The first-order chi connectivity index (χ1) is 12.2. The standard InChI is InChI=1S/C19H29N3O3/c1-2-15-8-9-17(25-15)16-7-6-14-22(16)19(24)20-11-10-18(23)21-12-4-3-5-13-21/h8-9,16H,2-7,10-14H2,1H3,(H,20,24)/t16-/m0/s1. The maximum Gasteiger partial charge on any atom is 0.318 e. The summed E-state index contributed by atoms with van der Waals surface area (Å²) in [4.78, 5) is 28.4. The second kappa shape index (κ2) is 8.41. The third kappa shape index (κ3) is 4.35. The van der Waals surface area contributed by atoms with Crippen LogP contribution in [-0.2, 0) is 11.2 Å². The van der Waals surface area contributed by atoms with Crippen molar-refractivity contribution in [2.75, 3.05) is 26.2 Å². The van der Waals surface area contributed by atoms with Crippen LogP contribution >= 0.6 is 0 Å². The van der Waals surface area contributed by atoms with Crippen molar-refractivity contribution in [3.63, 3.8) is 0 Å². The van der Waals surface area contributed by atoms with Gasteiger partial charge in [0.1, 0.15) is 11.5 Å². The van der Waals surface area contributed by atoms with E-state index >= 15 is 0 Å². The zero-order valence-corrected chi connectivity index (χ0v) is 15.1. The molecule has 0 bridgehead atoms. The Balaban J connectivity index is 1.47. The van der Waals surface area contributed by atoms with Crippen LogP contribution in [0.25, 0.3) is 0 Å². The third-order valence-corrected chi connectivity index (χ3v) is 5.20. The van der Waals surface area contributed by atoms with E-state index in [1.54, 1.807) is 0 Å². The van der Waals surface area contributed by atoms with Crippen molar-refractivity contribution in [1.29, 1.82) is 0 Å². The molecule has 0 spiro atoms. The van der Waals surface area contributed by atoms with Gasteiger partial charge in [0.05, 0.1) is 6.04 Å². The van der Waals surface area contributed by atoms with Gasteiger partial charge < -0.3 is 19.5 Å². The maximum atomic E-state index is 12.5. The predicted molar refractivity (Wildman–Crippen MR) is 95.2 cm³/mol. The Kier molecular flexibility index (Phi) is 6.00. The molecule has 1 atom stereocenters. The summed E-state index contributed by atoms with van der Waals surface area (Å²) in [5.41, 5.74) is 0. The van der Waals surface area contributed by atoms with Gasteiger partial charge in [-0.15, -0.1) is 0 Å². The summed E-state index contributed by atoms with van der Waals surface area (Å²) in [7, 11) is 0. The van der Waals surface area contributed by atoms with Gasteiger partial charge in [-0.3, -0.25) is 4.79 Å². The number of aryl methyl sites for hydroxylation is 1. The molecule has 6 nitrogen and oxygen atoms in total. The third-order valence-electron chi connectivity index (χ3n) is 5.20. The average Bonchev–Trinajstić information content (AvgIpc) is 3.31. The number of piperidine rings is 1. The zero-order chi connectivity index (χ0) is 17.6. The molecule has 3 amide bonds. The first kappa shape index (κ1) is 17.8. The van der Waals surface area contributed by atoms with Crippen LogP contribution in [-0.4, -0.2) is 47.9 Å². The first-order valence-electron chi connectivity index (χ1n) is 9.60. The van der Waals surface area contributed by atoms with E-state index in [9.17, 15) is 9.59 Å². The molecule has 1 N–H and O–H groups in total. The number of carbonyl (C=O) groups is 2. The lowest BCUT2D eigenvalue weighted by molar-refractivity contribution is -0.131. The van der Waals surface area contributed by atoms with Crippen LogP contribution in [0, 0.1) is 0 Å². The summed E-state index contributed by atoms with van der Waals surface area (Å²) in [6, 6.07) is 3.89. The topological polar surface area (TPSA) is 65.8 Å². The molecule has 3 rings (SSSR count). The van der Waals surface area contributed by atoms with E-state index in [4.69, 9.17) is 4.42 Å². The summed E-state index contributed by atoms with van der Waals surface area (Å²) in [6.07, 6.45) is 6.54.